The minimum Gasteiger partial charge on any atom is -0.467 e. The molecule has 0 saturated carbocycles. The molecular formula is C21H30N2O8S. The molecule has 0 radical (unpaired) electrons. The number of hydrogen-bond acceptors (Lipinski definition) is 8. The summed E-state index contributed by atoms with van der Waals surface area (Å²) in [5.74, 6) is -1.89. The molecule has 0 bridgehead atoms. The van der Waals surface area contributed by atoms with E-state index >= 15 is 0 Å². The van der Waals surface area contributed by atoms with Crippen molar-refractivity contribution < 1.29 is 37.0 Å². The van der Waals surface area contributed by atoms with Crippen molar-refractivity contribution in [3.63, 3.8) is 0 Å². The third kappa shape index (κ3) is 7.88. The molecule has 1 heterocycles. The molecule has 2 unspecified atom stereocenters. The number of carbonyl (C=O) groups excluding carboxylic acids is 3. The van der Waals surface area contributed by atoms with Crippen LogP contribution in [0.3, 0.4) is 0 Å². The van der Waals surface area contributed by atoms with Crippen LogP contribution in [0.1, 0.15) is 43.5 Å². The quantitative estimate of drug-likeness (QED) is 0.457. The van der Waals surface area contributed by atoms with Crippen molar-refractivity contribution in [2.45, 2.75) is 50.2 Å². The van der Waals surface area contributed by atoms with E-state index in [1.54, 1.807) is 0 Å². The Morgan fingerprint density at radius 2 is 1.88 bits per heavy atom. The summed E-state index contributed by atoms with van der Waals surface area (Å²) in [5.41, 5.74) is 0.0857. The monoisotopic (exact) mass is 470 g/mol. The molecule has 1 saturated heterocycles. The van der Waals surface area contributed by atoms with Crippen LogP contribution in [0.15, 0.2) is 29.2 Å². The Kier molecular flexibility index (Phi) is 9.60. The summed E-state index contributed by atoms with van der Waals surface area (Å²) in [6, 6.07) is 4.33. The second-order valence-corrected chi connectivity index (χ2v) is 9.63. The normalized spacial score (nSPS) is 17.1. The van der Waals surface area contributed by atoms with Gasteiger partial charge in [0.05, 0.1) is 23.7 Å². The molecule has 10 nitrogen and oxygen atoms in total. The maximum atomic E-state index is 12.4. The minimum atomic E-state index is -3.74. The Morgan fingerprint density at radius 3 is 2.44 bits per heavy atom. The van der Waals surface area contributed by atoms with Gasteiger partial charge < -0.3 is 19.5 Å². The van der Waals surface area contributed by atoms with E-state index in [-0.39, 0.29) is 29.0 Å². The van der Waals surface area contributed by atoms with Crippen molar-refractivity contribution in [3.05, 3.63) is 29.8 Å². The average Bonchev–Trinajstić information content (AvgIpc) is 3.28. The standard InChI is InChI=1S/C21H30N2O8S/c1-14(2)11-18(21(26)29-3)23-19(24)13-31-20(25)15-6-8-17(9-7-15)32(27,28)22-12-16-5-4-10-30-16/h6-9,14,16,18,22H,4-5,10-13H2,1-3H3,(H,23,24). The van der Waals surface area contributed by atoms with Crippen LogP contribution >= 0.6 is 0 Å². The second kappa shape index (κ2) is 11.9. The smallest absolute Gasteiger partial charge is 0.338 e. The molecule has 0 aliphatic carbocycles. The van der Waals surface area contributed by atoms with Crippen molar-refractivity contribution in [2.24, 2.45) is 5.92 Å². The number of hydrogen-bond donors (Lipinski definition) is 2. The fourth-order valence-electron chi connectivity index (χ4n) is 3.14. The third-order valence-electron chi connectivity index (χ3n) is 4.79. The van der Waals surface area contributed by atoms with Gasteiger partial charge in [0.1, 0.15) is 6.04 Å². The molecule has 2 N–H and O–H groups in total. The van der Waals surface area contributed by atoms with E-state index in [1.165, 1.54) is 31.4 Å². The zero-order valence-electron chi connectivity index (χ0n) is 18.5. The van der Waals surface area contributed by atoms with Gasteiger partial charge in [0, 0.05) is 13.2 Å². The molecule has 1 aliphatic rings. The van der Waals surface area contributed by atoms with Gasteiger partial charge in [0.2, 0.25) is 10.0 Å². The molecule has 1 aliphatic heterocycles. The highest BCUT2D eigenvalue weighted by Crippen LogP contribution is 2.14. The third-order valence-corrected chi connectivity index (χ3v) is 6.23. The Balaban J connectivity index is 1.87. The highest BCUT2D eigenvalue weighted by atomic mass is 32.2. The first-order valence-corrected chi connectivity index (χ1v) is 11.9. The van der Waals surface area contributed by atoms with E-state index in [2.05, 4.69) is 14.8 Å². The fraction of sp³-hybridized carbons (Fsp3) is 0.571. The van der Waals surface area contributed by atoms with Gasteiger partial charge in [-0.15, -0.1) is 0 Å². The van der Waals surface area contributed by atoms with E-state index in [0.717, 1.165) is 12.8 Å². The summed E-state index contributed by atoms with van der Waals surface area (Å²) in [6.45, 7) is 4.01. The minimum absolute atomic E-state index is 0.000560. The zero-order valence-corrected chi connectivity index (χ0v) is 19.3. The number of sulfonamides is 1. The van der Waals surface area contributed by atoms with Crippen LogP contribution in [-0.2, 0) is 33.8 Å². The van der Waals surface area contributed by atoms with E-state index in [1.807, 2.05) is 13.8 Å². The predicted octanol–water partition coefficient (Wildman–Crippen LogP) is 1.00. The summed E-state index contributed by atoms with van der Waals surface area (Å²) in [7, 11) is -2.51. The highest BCUT2D eigenvalue weighted by Gasteiger charge is 2.24. The van der Waals surface area contributed by atoms with Gasteiger partial charge in [0.15, 0.2) is 6.61 Å². The van der Waals surface area contributed by atoms with Crippen LogP contribution in [0.2, 0.25) is 0 Å². The number of nitrogens with one attached hydrogen (secondary N) is 2. The Hall–Kier alpha value is -2.50. The van der Waals surface area contributed by atoms with E-state index < -0.39 is 40.5 Å². The number of ether oxygens (including phenoxy) is 3. The maximum Gasteiger partial charge on any atom is 0.338 e. The van der Waals surface area contributed by atoms with Gasteiger partial charge in [-0.05, 0) is 49.4 Å². The zero-order chi connectivity index (χ0) is 23.7. The van der Waals surface area contributed by atoms with Gasteiger partial charge >= 0.3 is 11.9 Å². The van der Waals surface area contributed by atoms with Crippen LogP contribution in [0.5, 0.6) is 0 Å². The molecule has 1 amide bonds. The number of esters is 2. The van der Waals surface area contributed by atoms with Crippen LogP contribution in [-0.4, -0.2) is 65.3 Å². The molecule has 1 aromatic carbocycles. The summed E-state index contributed by atoms with van der Waals surface area (Å²) in [6.07, 6.45) is 1.95. The molecule has 178 valence electrons. The Bertz CT molecular complexity index is 893. The number of amides is 1. The van der Waals surface area contributed by atoms with Gasteiger partial charge in [0.25, 0.3) is 5.91 Å². The first-order valence-electron chi connectivity index (χ1n) is 10.4. The lowest BCUT2D eigenvalue weighted by molar-refractivity contribution is -0.145. The van der Waals surface area contributed by atoms with Crippen molar-refractivity contribution in [1.82, 2.24) is 10.0 Å². The van der Waals surface area contributed by atoms with Crippen molar-refractivity contribution in [1.29, 1.82) is 0 Å². The lowest BCUT2D eigenvalue weighted by Gasteiger charge is -2.18. The molecule has 0 aromatic heterocycles. The Labute approximate surface area is 188 Å². The largest absolute Gasteiger partial charge is 0.467 e. The number of methoxy groups -OCH3 is 1. The van der Waals surface area contributed by atoms with Crippen LogP contribution in [0.4, 0.5) is 0 Å². The molecule has 2 atom stereocenters. The van der Waals surface area contributed by atoms with Crippen molar-refractivity contribution >= 4 is 27.9 Å². The SMILES string of the molecule is COC(=O)C(CC(C)C)NC(=O)COC(=O)c1ccc(S(=O)(=O)NCC2CCCO2)cc1. The first-order chi connectivity index (χ1) is 15.1. The predicted molar refractivity (Wildman–Crippen MR) is 114 cm³/mol. The molecule has 32 heavy (non-hydrogen) atoms. The topological polar surface area (TPSA) is 137 Å². The van der Waals surface area contributed by atoms with Gasteiger partial charge in [-0.3, -0.25) is 4.79 Å². The van der Waals surface area contributed by atoms with Gasteiger partial charge in [-0.25, -0.2) is 22.7 Å². The molecule has 2 rings (SSSR count). The van der Waals surface area contributed by atoms with Gasteiger partial charge in [-0.2, -0.15) is 0 Å². The van der Waals surface area contributed by atoms with Gasteiger partial charge in [-0.1, -0.05) is 13.8 Å². The van der Waals surface area contributed by atoms with Crippen LogP contribution < -0.4 is 10.0 Å². The molecule has 11 heteroatoms. The van der Waals surface area contributed by atoms with Crippen molar-refractivity contribution in [2.75, 3.05) is 26.9 Å². The second-order valence-electron chi connectivity index (χ2n) is 7.86. The average molecular weight is 471 g/mol. The molecular weight excluding hydrogens is 440 g/mol. The summed E-state index contributed by atoms with van der Waals surface area (Å²) in [4.78, 5) is 36.0. The lowest BCUT2D eigenvalue weighted by atomic mass is 10.0. The lowest BCUT2D eigenvalue weighted by Crippen LogP contribution is -2.44. The fourth-order valence-corrected chi connectivity index (χ4v) is 4.21. The van der Waals surface area contributed by atoms with E-state index in [4.69, 9.17) is 9.47 Å². The first kappa shape index (κ1) is 25.8. The van der Waals surface area contributed by atoms with Crippen molar-refractivity contribution in [3.8, 4) is 0 Å². The number of carbonyl (C=O) groups is 3. The molecule has 0 spiro atoms. The van der Waals surface area contributed by atoms with E-state index in [9.17, 15) is 22.8 Å². The summed E-state index contributed by atoms with van der Waals surface area (Å²) in [5, 5.41) is 2.48. The molecule has 1 fully saturated rings. The Morgan fingerprint density at radius 1 is 1.19 bits per heavy atom. The van der Waals surface area contributed by atoms with Crippen LogP contribution in [0, 0.1) is 5.92 Å². The molecule has 1 aromatic rings. The number of benzene rings is 1. The summed E-state index contributed by atoms with van der Waals surface area (Å²) >= 11 is 0. The summed E-state index contributed by atoms with van der Waals surface area (Å²) < 4.78 is 42.3. The number of rotatable bonds is 11. The highest BCUT2D eigenvalue weighted by molar-refractivity contribution is 7.89. The van der Waals surface area contributed by atoms with E-state index in [0.29, 0.717) is 13.0 Å². The van der Waals surface area contributed by atoms with Crippen LogP contribution in [0.25, 0.3) is 0 Å². The maximum absolute atomic E-state index is 12.4.